The molecule has 0 spiro atoms. The molecule has 0 aliphatic rings. The van der Waals surface area contributed by atoms with Gasteiger partial charge < -0.3 is 0 Å². The minimum absolute atomic E-state index is 0.00911. The standard InChI is InChI=1S/C22H23NO2S/c24-26(25,18-19-10-4-1-5-11-19)23-17-16-22(20-12-6-2-7-13-20)21-14-8-3-9-15-21/h1-15,22-23H,16-18H2. The van der Waals surface area contributed by atoms with Crippen LogP contribution in [0.3, 0.4) is 0 Å². The SMILES string of the molecule is O=S(=O)(Cc1ccccc1)NCCC(c1ccccc1)c1ccccc1. The van der Waals surface area contributed by atoms with Gasteiger partial charge in [-0.2, -0.15) is 0 Å². The molecule has 0 amide bonds. The largest absolute Gasteiger partial charge is 0.215 e. The summed E-state index contributed by atoms with van der Waals surface area (Å²) in [6.45, 7) is 0.406. The molecule has 3 rings (SSSR count). The molecular formula is C22H23NO2S. The number of rotatable bonds is 8. The second kappa shape index (κ2) is 8.79. The lowest BCUT2D eigenvalue weighted by Gasteiger charge is -2.18. The Labute approximate surface area is 155 Å². The minimum Gasteiger partial charge on any atom is -0.215 e. The summed E-state index contributed by atoms with van der Waals surface area (Å²) in [6, 6.07) is 29.7. The second-order valence-electron chi connectivity index (χ2n) is 6.30. The van der Waals surface area contributed by atoms with Crippen LogP contribution in [-0.2, 0) is 15.8 Å². The molecule has 134 valence electrons. The van der Waals surface area contributed by atoms with E-state index in [-0.39, 0.29) is 11.7 Å². The Morgan fingerprint density at radius 2 is 1.15 bits per heavy atom. The van der Waals surface area contributed by atoms with Crippen molar-refractivity contribution in [3.63, 3.8) is 0 Å². The molecule has 0 aliphatic carbocycles. The summed E-state index contributed by atoms with van der Waals surface area (Å²) in [5, 5.41) is 0. The zero-order valence-electron chi connectivity index (χ0n) is 14.6. The lowest BCUT2D eigenvalue weighted by molar-refractivity contribution is 0.574. The van der Waals surface area contributed by atoms with Gasteiger partial charge in [-0.25, -0.2) is 13.1 Å². The Hall–Kier alpha value is -2.43. The van der Waals surface area contributed by atoms with Crippen LogP contribution in [0.1, 0.15) is 29.0 Å². The Kier molecular flexibility index (Phi) is 6.21. The first-order valence-electron chi connectivity index (χ1n) is 8.75. The van der Waals surface area contributed by atoms with Crippen molar-refractivity contribution in [3.8, 4) is 0 Å². The van der Waals surface area contributed by atoms with E-state index < -0.39 is 10.0 Å². The molecule has 0 saturated heterocycles. The van der Waals surface area contributed by atoms with Crippen LogP contribution in [-0.4, -0.2) is 15.0 Å². The van der Waals surface area contributed by atoms with E-state index >= 15 is 0 Å². The van der Waals surface area contributed by atoms with Gasteiger partial charge in [0.1, 0.15) is 0 Å². The summed E-state index contributed by atoms with van der Waals surface area (Å²) < 4.78 is 27.4. The Balaban J connectivity index is 1.67. The van der Waals surface area contributed by atoms with E-state index in [0.717, 1.165) is 5.56 Å². The molecule has 0 atom stereocenters. The van der Waals surface area contributed by atoms with Crippen molar-refractivity contribution in [1.29, 1.82) is 0 Å². The second-order valence-corrected chi connectivity index (χ2v) is 8.11. The van der Waals surface area contributed by atoms with Crippen molar-refractivity contribution >= 4 is 10.0 Å². The molecule has 0 aliphatic heterocycles. The molecule has 4 heteroatoms. The highest BCUT2D eigenvalue weighted by Gasteiger charge is 2.16. The zero-order chi connectivity index (χ0) is 18.2. The van der Waals surface area contributed by atoms with Crippen LogP contribution < -0.4 is 4.72 Å². The molecule has 3 nitrogen and oxygen atoms in total. The van der Waals surface area contributed by atoms with E-state index in [1.807, 2.05) is 66.7 Å². The number of benzene rings is 3. The number of hydrogen-bond acceptors (Lipinski definition) is 2. The van der Waals surface area contributed by atoms with E-state index in [0.29, 0.717) is 13.0 Å². The topological polar surface area (TPSA) is 46.2 Å². The normalized spacial score (nSPS) is 11.6. The van der Waals surface area contributed by atoms with Crippen molar-refractivity contribution in [2.75, 3.05) is 6.54 Å². The molecule has 1 N–H and O–H groups in total. The summed E-state index contributed by atoms with van der Waals surface area (Å²) in [7, 11) is -3.34. The van der Waals surface area contributed by atoms with Crippen molar-refractivity contribution in [1.82, 2.24) is 4.72 Å². The first-order valence-corrected chi connectivity index (χ1v) is 10.4. The molecule has 0 aromatic heterocycles. The summed E-state index contributed by atoms with van der Waals surface area (Å²) in [5.41, 5.74) is 3.18. The predicted molar refractivity (Wildman–Crippen MR) is 106 cm³/mol. The van der Waals surface area contributed by atoms with E-state index in [1.165, 1.54) is 11.1 Å². The van der Waals surface area contributed by atoms with Crippen molar-refractivity contribution in [2.24, 2.45) is 0 Å². The van der Waals surface area contributed by atoms with Crippen LogP contribution in [0.2, 0.25) is 0 Å². The van der Waals surface area contributed by atoms with Crippen molar-refractivity contribution < 1.29 is 8.42 Å². The van der Waals surface area contributed by atoms with Gasteiger partial charge >= 0.3 is 0 Å². The van der Waals surface area contributed by atoms with Gasteiger partial charge in [0.25, 0.3) is 0 Å². The maximum absolute atomic E-state index is 12.3. The van der Waals surface area contributed by atoms with Gasteiger partial charge in [0, 0.05) is 12.5 Å². The van der Waals surface area contributed by atoms with Gasteiger partial charge in [0.2, 0.25) is 10.0 Å². The van der Waals surface area contributed by atoms with Gasteiger partial charge in [-0.05, 0) is 23.1 Å². The Morgan fingerprint density at radius 1 is 0.692 bits per heavy atom. The molecule has 0 heterocycles. The highest BCUT2D eigenvalue weighted by molar-refractivity contribution is 7.88. The van der Waals surface area contributed by atoms with Gasteiger partial charge in [-0.15, -0.1) is 0 Å². The average molecular weight is 365 g/mol. The van der Waals surface area contributed by atoms with E-state index in [1.54, 1.807) is 0 Å². The summed E-state index contributed by atoms with van der Waals surface area (Å²) in [5.74, 6) is 0.173. The molecule has 0 bridgehead atoms. The van der Waals surface area contributed by atoms with Crippen molar-refractivity contribution in [2.45, 2.75) is 18.1 Å². The van der Waals surface area contributed by atoms with Crippen LogP contribution >= 0.6 is 0 Å². The number of nitrogens with one attached hydrogen (secondary N) is 1. The molecule has 26 heavy (non-hydrogen) atoms. The summed E-state index contributed by atoms with van der Waals surface area (Å²) >= 11 is 0. The third-order valence-corrected chi connectivity index (χ3v) is 5.72. The molecule has 0 saturated carbocycles. The molecular weight excluding hydrogens is 342 g/mol. The van der Waals surface area contributed by atoms with Crippen LogP contribution in [0, 0.1) is 0 Å². The van der Waals surface area contributed by atoms with Crippen molar-refractivity contribution in [3.05, 3.63) is 108 Å². The minimum atomic E-state index is -3.34. The van der Waals surface area contributed by atoms with Gasteiger partial charge in [-0.3, -0.25) is 0 Å². The predicted octanol–water partition coefficient (Wildman–Crippen LogP) is 4.33. The third kappa shape index (κ3) is 5.28. The fourth-order valence-electron chi connectivity index (χ4n) is 3.10. The first-order chi connectivity index (χ1) is 12.6. The summed E-state index contributed by atoms with van der Waals surface area (Å²) in [6.07, 6.45) is 0.710. The molecule has 3 aromatic rings. The lowest BCUT2D eigenvalue weighted by Crippen LogP contribution is -2.27. The fraction of sp³-hybridized carbons (Fsp3) is 0.182. The molecule has 0 unspecified atom stereocenters. The van der Waals surface area contributed by atoms with Crippen LogP contribution in [0.5, 0.6) is 0 Å². The number of hydrogen-bond donors (Lipinski definition) is 1. The van der Waals surface area contributed by atoms with Gasteiger partial charge in [0.15, 0.2) is 0 Å². The van der Waals surface area contributed by atoms with Gasteiger partial charge in [0.05, 0.1) is 5.75 Å². The van der Waals surface area contributed by atoms with Crippen LogP contribution in [0.25, 0.3) is 0 Å². The van der Waals surface area contributed by atoms with Gasteiger partial charge in [-0.1, -0.05) is 91.0 Å². The summed E-state index contributed by atoms with van der Waals surface area (Å²) in [4.78, 5) is 0. The fourth-order valence-corrected chi connectivity index (χ4v) is 4.26. The highest BCUT2D eigenvalue weighted by Crippen LogP contribution is 2.27. The lowest BCUT2D eigenvalue weighted by atomic mass is 9.89. The van der Waals surface area contributed by atoms with E-state index in [9.17, 15) is 8.42 Å². The Morgan fingerprint density at radius 3 is 1.65 bits per heavy atom. The highest BCUT2D eigenvalue weighted by atomic mass is 32.2. The molecule has 3 aromatic carbocycles. The average Bonchev–Trinajstić information content (AvgIpc) is 2.67. The van der Waals surface area contributed by atoms with Crippen LogP contribution in [0.4, 0.5) is 0 Å². The quantitative estimate of drug-likeness (QED) is 0.646. The smallest absolute Gasteiger partial charge is 0.215 e. The third-order valence-electron chi connectivity index (χ3n) is 4.36. The Bertz CT molecular complexity index is 855. The maximum Gasteiger partial charge on any atom is 0.215 e. The van der Waals surface area contributed by atoms with Crippen LogP contribution in [0.15, 0.2) is 91.0 Å². The van der Waals surface area contributed by atoms with E-state index in [4.69, 9.17) is 0 Å². The molecule has 0 radical (unpaired) electrons. The monoisotopic (exact) mass is 365 g/mol. The number of sulfonamides is 1. The van der Waals surface area contributed by atoms with E-state index in [2.05, 4.69) is 29.0 Å². The zero-order valence-corrected chi connectivity index (χ0v) is 15.4. The first kappa shape index (κ1) is 18.4. The molecule has 0 fully saturated rings. The maximum atomic E-state index is 12.3.